The summed E-state index contributed by atoms with van der Waals surface area (Å²) in [5, 5.41) is 13.6. The zero-order valence-corrected chi connectivity index (χ0v) is 8.84. The molecule has 0 bridgehead atoms. The van der Waals surface area contributed by atoms with Crippen molar-refractivity contribution in [3.63, 3.8) is 0 Å². The lowest BCUT2D eigenvalue weighted by molar-refractivity contribution is 0.425. The fourth-order valence-electron chi connectivity index (χ4n) is 1.72. The van der Waals surface area contributed by atoms with Crippen LogP contribution >= 0.6 is 0 Å². The van der Waals surface area contributed by atoms with Crippen LogP contribution in [0.5, 0.6) is 0 Å². The molecule has 0 amide bonds. The number of hydrogen-bond acceptors (Lipinski definition) is 5. The number of anilines is 1. The van der Waals surface area contributed by atoms with E-state index in [0.29, 0.717) is 11.7 Å². The van der Waals surface area contributed by atoms with Crippen molar-refractivity contribution in [3.8, 4) is 0 Å². The van der Waals surface area contributed by atoms with E-state index in [2.05, 4.69) is 25.5 Å². The minimum atomic E-state index is -0.308. The van der Waals surface area contributed by atoms with Crippen LogP contribution in [-0.2, 0) is 0 Å². The van der Waals surface area contributed by atoms with Gasteiger partial charge in [0.05, 0.1) is 6.04 Å². The zero-order chi connectivity index (χ0) is 11.1. The Hall–Kier alpha value is -1.89. The van der Waals surface area contributed by atoms with Crippen molar-refractivity contribution in [2.45, 2.75) is 6.04 Å². The number of aromatic nitrogens is 4. The first-order valence-electron chi connectivity index (χ1n) is 5.14. The van der Waals surface area contributed by atoms with Gasteiger partial charge in [-0.05, 0) is 12.1 Å². The van der Waals surface area contributed by atoms with Gasteiger partial charge in [-0.15, -0.1) is 5.10 Å². The third-order valence-electron chi connectivity index (χ3n) is 2.93. The van der Waals surface area contributed by atoms with Crippen molar-refractivity contribution < 1.29 is 0 Å². The quantitative estimate of drug-likeness (QED) is 0.666. The molecule has 16 heavy (non-hydrogen) atoms. The number of nitrogens with zero attached hydrogens (tertiary/aromatic N) is 4. The predicted octanol–water partition coefficient (Wildman–Crippen LogP) is -1.17. The van der Waals surface area contributed by atoms with Crippen LogP contribution in [-0.4, -0.2) is 46.0 Å². The number of nitrogens with one attached hydrogen (secondary N) is 2. The molecule has 84 valence electrons. The molecule has 2 aromatic heterocycles. The Bertz CT molecular complexity index is 569. The summed E-state index contributed by atoms with van der Waals surface area (Å²) in [5.41, 5.74) is 0.228. The second kappa shape index (κ2) is 3.31. The van der Waals surface area contributed by atoms with E-state index < -0.39 is 0 Å². The Morgan fingerprint density at radius 3 is 3.00 bits per heavy atom. The van der Waals surface area contributed by atoms with E-state index in [0.717, 1.165) is 18.9 Å². The molecule has 0 saturated carbocycles. The lowest BCUT2D eigenvalue weighted by Gasteiger charge is -2.36. The molecule has 0 radical (unpaired) electrons. The highest BCUT2D eigenvalue weighted by atomic mass is 16.2. The van der Waals surface area contributed by atoms with Gasteiger partial charge in [0, 0.05) is 20.1 Å². The summed E-state index contributed by atoms with van der Waals surface area (Å²) in [5.74, 6) is 0.780. The second-order valence-electron chi connectivity index (χ2n) is 3.91. The summed E-state index contributed by atoms with van der Waals surface area (Å²) < 4.78 is 1.28. The number of rotatable bonds is 2. The molecule has 0 unspecified atom stereocenters. The summed E-state index contributed by atoms with van der Waals surface area (Å²) in [6.45, 7) is 1.91. The number of likely N-dealkylation sites (N-methyl/N-ethyl adjacent to an activating group) is 1. The molecule has 2 aromatic rings. The van der Waals surface area contributed by atoms with E-state index in [-0.39, 0.29) is 5.69 Å². The summed E-state index contributed by atoms with van der Waals surface area (Å²) in [7, 11) is 1.98. The van der Waals surface area contributed by atoms with E-state index >= 15 is 0 Å². The molecule has 1 aliphatic heterocycles. The predicted molar refractivity (Wildman–Crippen MR) is 58.7 cm³/mol. The average molecular weight is 220 g/mol. The molecule has 3 heterocycles. The zero-order valence-electron chi connectivity index (χ0n) is 8.84. The maximum atomic E-state index is 11.4. The molecule has 1 fully saturated rings. The van der Waals surface area contributed by atoms with Gasteiger partial charge < -0.3 is 10.2 Å². The van der Waals surface area contributed by atoms with Crippen LogP contribution in [0.15, 0.2) is 16.9 Å². The Kier molecular flexibility index (Phi) is 1.93. The van der Waals surface area contributed by atoms with E-state index in [4.69, 9.17) is 0 Å². The largest absolute Gasteiger partial charge is 0.364 e. The minimum absolute atomic E-state index is 0.308. The van der Waals surface area contributed by atoms with Gasteiger partial charge >= 0.3 is 5.69 Å². The van der Waals surface area contributed by atoms with Crippen molar-refractivity contribution in [1.82, 2.24) is 25.1 Å². The number of hydrogen-bond donors (Lipinski definition) is 2. The van der Waals surface area contributed by atoms with Gasteiger partial charge in [0.1, 0.15) is 5.82 Å². The van der Waals surface area contributed by atoms with E-state index in [9.17, 15) is 4.79 Å². The van der Waals surface area contributed by atoms with Crippen molar-refractivity contribution >= 4 is 11.5 Å². The van der Waals surface area contributed by atoms with Crippen molar-refractivity contribution in [2.24, 2.45) is 0 Å². The third-order valence-corrected chi connectivity index (χ3v) is 2.93. The van der Waals surface area contributed by atoms with Gasteiger partial charge in [-0.3, -0.25) is 0 Å². The molecule has 0 aliphatic carbocycles. The van der Waals surface area contributed by atoms with Crippen LogP contribution in [0.1, 0.15) is 0 Å². The van der Waals surface area contributed by atoms with Crippen LogP contribution in [0.3, 0.4) is 0 Å². The van der Waals surface area contributed by atoms with Crippen molar-refractivity contribution in [2.75, 3.05) is 25.0 Å². The first-order valence-corrected chi connectivity index (χ1v) is 5.14. The first-order chi connectivity index (χ1) is 7.75. The molecule has 1 saturated heterocycles. The van der Waals surface area contributed by atoms with Gasteiger partial charge in [0.25, 0.3) is 0 Å². The molecule has 7 nitrogen and oxygen atoms in total. The minimum Gasteiger partial charge on any atom is -0.353 e. The standard InChI is InChI=1S/C9H12N6O/c1-14(6-4-10-5-6)8-3-2-7-11-12-9(16)15(7)13-8/h2-3,6,10H,4-5H2,1H3,(H,12,16). The molecule has 3 rings (SSSR count). The SMILES string of the molecule is CN(c1ccc2n[nH]c(=O)n2n1)C1CNC1. The molecule has 7 heteroatoms. The maximum absolute atomic E-state index is 11.4. The van der Waals surface area contributed by atoms with Gasteiger partial charge in [0.15, 0.2) is 5.65 Å². The van der Waals surface area contributed by atoms with Crippen molar-refractivity contribution in [3.05, 3.63) is 22.6 Å². The number of aromatic amines is 1. The van der Waals surface area contributed by atoms with Gasteiger partial charge in [-0.1, -0.05) is 0 Å². The normalized spacial score (nSPS) is 16.3. The lowest BCUT2D eigenvalue weighted by atomic mass is 10.1. The summed E-state index contributed by atoms with van der Waals surface area (Å²) in [6, 6.07) is 4.10. The van der Waals surface area contributed by atoms with E-state index in [1.54, 1.807) is 6.07 Å². The van der Waals surface area contributed by atoms with Crippen LogP contribution in [0.2, 0.25) is 0 Å². The van der Waals surface area contributed by atoms with Crippen LogP contribution in [0, 0.1) is 0 Å². The highest BCUT2D eigenvalue weighted by Gasteiger charge is 2.22. The summed E-state index contributed by atoms with van der Waals surface area (Å²) in [4.78, 5) is 13.4. The van der Waals surface area contributed by atoms with Gasteiger partial charge in [-0.2, -0.15) is 9.61 Å². The fraction of sp³-hybridized carbons (Fsp3) is 0.444. The first kappa shape index (κ1) is 9.34. The molecule has 0 atom stereocenters. The fourth-order valence-corrected chi connectivity index (χ4v) is 1.72. The molecular weight excluding hydrogens is 208 g/mol. The highest BCUT2D eigenvalue weighted by Crippen LogP contribution is 2.13. The van der Waals surface area contributed by atoms with Gasteiger partial charge in [0.2, 0.25) is 0 Å². The summed E-state index contributed by atoms with van der Waals surface area (Å²) >= 11 is 0. The van der Waals surface area contributed by atoms with Crippen molar-refractivity contribution in [1.29, 1.82) is 0 Å². The highest BCUT2D eigenvalue weighted by molar-refractivity contribution is 5.45. The summed E-state index contributed by atoms with van der Waals surface area (Å²) in [6.07, 6.45) is 0. The van der Waals surface area contributed by atoms with E-state index in [1.165, 1.54) is 4.52 Å². The van der Waals surface area contributed by atoms with Gasteiger partial charge in [-0.25, -0.2) is 9.89 Å². The van der Waals surface area contributed by atoms with E-state index in [1.807, 2.05) is 13.1 Å². The Morgan fingerprint density at radius 1 is 1.50 bits per heavy atom. The topological polar surface area (TPSA) is 78.3 Å². The third kappa shape index (κ3) is 1.28. The molecular formula is C9H12N6O. The van der Waals surface area contributed by atoms with Crippen LogP contribution < -0.4 is 15.9 Å². The number of fused-ring (bicyclic) bond motifs is 1. The monoisotopic (exact) mass is 220 g/mol. The molecule has 2 N–H and O–H groups in total. The molecule has 0 spiro atoms. The molecule has 0 aromatic carbocycles. The Morgan fingerprint density at radius 2 is 2.31 bits per heavy atom. The average Bonchev–Trinajstić information content (AvgIpc) is 2.57. The smallest absolute Gasteiger partial charge is 0.353 e. The maximum Gasteiger partial charge on any atom is 0.364 e. The second-order valence-corrected chi connectivity index (χ2v) is 3.91. The Labute approximate surface area is 91.1 Å². The molecule has 1 aliphatic rings. The van der Waals surface area contributed by atoms with Crippen LogP contribution in [0.25, 0.3) is 5.65 Å². The number of H-pyrrole nitrogens is 1. The lowest BCUT2D eigenvalue weighted by Crippen LogP contribution is -2.56. The van der Waals surface area contributed by atoms with Crippen LogP contribution in [0.4, 0.5) is 5.82 Å². The Balaban J connectivity index is 2.03.